The minimum absolute atomic E-state index is 0.235. The van der Waals surface area contributed by atoms with Gasteiger partial charge in [0.1, 0.15) is 5.60 Å². The molecule has 0 saturated carbocycles. The molecular weight excluding hydrogens is 306 g/mol. The maximum absolute atomic E-state index is 12.3. The fraction of sp³-hybridized carbons (Fsp3) is 0.556. The van der Waals surface area contributed by atoms with Crippen molar-refractivity contribution in [3.8, 4) is 0 Å². The number of nitrogens with zero attached hydrogens (tertiary/aromatic N) is 2. The lowest BCUT2D eigenvalue weighted by molar-refractivity contribution is -0.119. The summed E-state index contributed by atoms with van der Waals surface area (Å²) < 4.78 is 5.77. The highest BCUT2D eigenvalue weighted by atomic mass is 16.6. The molecule has 0 spiro atoms. The van der Waals surface area contributed by atoms with Crippen LogP contribution in [0.5, 0.6) is 0 Å². The van der Waals surface area contributed by atoms with Crippen LogP contribution in [-0.2, 0) is 16.1 Å². The van der Waals surface area contributed by atoms with Gasteiger partial charge in [0.05, 0.1) is 13.1 Å². The quantitative estimate of drug-likeness (QED) is 0.889. The van der Waals surface area contributed by atoms with Crippen molar-refractivity contribution in [2.45, 2.75) is 31.9 Å². The number of hydrogen-bond acceptors (Lipinski definition) is 4. The lowest BCUT2D eigenvalue weighted by atomic mass is 9.81. The Kier molecular flexibility index (Phi) is 4.76. The first-order chi connectivity index (χ1) is 11.5. The van der Waals surface area contributed by atoms with E-state index in [0.29, 0.717) is 25.6 Å². The highest BCUT2D eigenvalue weighted by Crippen LogP contribution is 2.36. The zero-order chi connectivity index (χ0) is 17.2. The number of piperidine rings is 1. The van der Waals surface area contributed by atoms with Crippen molar-refractivity contribution in [3.63, 3.8) is 0 Å². The first kappa shape index (κ1) is 16.8. The maximum atomic E-state index is 12.3. The number of benzene rings is 1. The third kappa shape index (κ3) is 3.70. The number of likely N-dealkylation sites (tertiary alicyclic amines) is 1. The number of cyclic esters (lactones) is 1. The van der Waals surface area contributed by atoms with Crippen LogP contribution in [0.1, 0.15) is 25.3 Å². The SMILES string of the molecule is C[C@]1(C2CCN(CC(N)=O)CC2)CN(Cc2ccccc2)C(=O)O1. The minimum atomic E-state index is -0.454. The molecule has 0 aliphatic carbocycles. The van der Waals surface area contributed by atoms with Crippen molar-refractivity contribution >= 4 is 12.0 Å². The molecule has 2 heterocycles. The van der Waals surface area contributed by atoms with Crippen molar-refractivity contribution in [2.75, 3.05) is 26.2 Å². The molecular formula is C18H25N3O3. The van der Waals surface area contributed by atoms with E-state index in [0.717, 1.165) is 31.5 Å². The number of amides is 2. The van der Waals surface area contributed by atoms with Gasteiger partial charge in [-0.05, 0) is 38.4 Å². The van der Waals surface area contributed by atoms with Gasteiger partial charge >= 0.3 is 6.09 Å². The summed E-state index contributed by atoms with van der Waals surface area (Å²) in [4.78, 5) is 27.2. The molecule has 0 radical (unpaired) electrons. The Morgan fingerprint density at radius 2 is 1.96 bits per heavy atom. The molecule has 2 fully saturated rings. The molecule has 0 aromatic heterocycles. The Labute approximate surface area is 142 Å². The average Bonchev–Trinajstić information content (AvgIpc) is 2.83. The summed E-state index contributed by atoms with van der Waals surface area (Å²) in [6, 6.07) is 9.96. The van der Waals surface area contributed by atoms with Crippen molar-refractivity contribution in [1.82, 2.24) is 9.80 Å². The van der Waals surface area contributed by atoms with E-state index in [9.17, 15) is 9.59 Å². The van der Waals surface area contributed by atoms with E-state index in [2.05, 4.69) is 4.90 Å². The zero-order valence-corrected chi connectivity index (χ0v) is 14.1. The average molecular weight is 331 g/mol. The molecule has 0 bridgehead atoms. The monoisotopic (exact) mass is 331 g/mol. The molecule has 2 aliphatic heterocycles. The minimum Gasteiger partial charge on any atom is -0.441 e. The normalized spacial score (nSPS) is 25.7. The van der Waals surface area contributed by atoms with E-state index >= 15 is 0 Å². The number of nitrogens with two attached hydrogens (primary N) is 1. The Morgan fingerprint density at radius 1 is 1.29 bits per heavy atom. The molecule has 3 rings (SSSR count). The number of carbonyl (C=O) groups excluding carboxylic acids is 2. The van der Waals surface area contributed by atoms with Crippen LogP contribution in [0.25, 0.3) is 0 Å². The molecule has 6 heteroatoms. The summed E-state index contributed by atoms with van der Waals surface area (Å²) in [5, 5.41) is 0. The first-order valence-corrected chi connectivity index (χ1v) is 8.49. The molecule has 24 heavy (non-hydrogen) atoms. The summed E-state index contributed by atoms with van der Waals surface area (Å²) in [5.41, 5.74) is 5.91. The molecule has 2 N–H and O–H groups in total. The molecule has 2 aliphatic rings. The molecule has 0 unspecified atom stereocenters. The van der Waals surface area contributed by atoms with Crippen LogP contribution < -0.4 is 5.73 Å². The van der Waals surface area contributed by atoms with E-state index in [4.69, 9.17) is 10.5 Å². The Hall–Kier alpha value is -2.08. The van der Waals surface area contributed by atoms with E-state index in [1.165, 1.54) is 0 Å². The predicted octanol–water partition coefficient (Wildman–Crippen LogP) is 1.59. The second kappa shape index (κ2) is 6.81. The summed E-state index contributed by atoms with van der Waals surface area (Å²) in [5.74, 6) is 0.0207. The standard InChI is InChI=1S/C18H25N3O3/c1-18(15-7-9-20(10-8-15)12-16(19)22)13-21(17(23)24-18)11-14-5-3-2-4-6-14/h2-6,15H,7-13H2,1H3,(H2,19,22)/t18-/m1/s1. The largest absolute Gasteiger partial charge is 0.441 e. The summed E-state index contributed by atoms with van der Waals surface area (Å²) in [7, 11) is 0. The number of hydrogen-bond donors (Lipinski definition) is 1. The number of primary amides is 1. The Morgan fingerprint density at radius 3 is 2.58 bits per heavy atom. The highest BCUT2D eigenvalue weighted by Gasteiger charge is 2.47. The third-order valence-electron chi connectivity index (χ3n) is 5.13. The van der Waals surface area contributed by atoms with Crippen LogP contribution >= 0.6 is 0 Å². The van der Waals surface area contributed by atoms with Crippen LogP contribution in [0.2, 0.25) is 0 Å². The van der Waals surface area contributed by atoms with Crippen LogP contribution in [-0.4, -0.2) is 53.6 Å². The fourth-order valence-corrected chi connectivity index (χ4v) is 3.80. The smallest absolute Gasteiger partial charge is 0.410 e. The molecule has 130 valence electrons. The third-order valence-corrected chi connectivity index (χ3v) is 5.13. The summed E-state index contributed by atoms with van der Waals surface area (Å²) >= 11 is 0. The van der Waals surface area contributed by atoms with Crippen LogP contribution in [0.4, 0.5) is 4.79 Å². The molecule has 1 aromatic rings. The van der Waals surface area contributed by atoms with E-state index in [1.54, 1.807) is 4.90 Å². The van der Waals surface area contributed by atoms with Gasteiger partial charge in [0.25, 0.3) is 0 Å². The van der Waals surface area contributed by atoms with Gasteiger partial charge in [0, 0.05) is 12.5 Å². The fourth-order valence-electron chi connectivity index (χ4n) is 3.80. The Bertz CT molecular complexity index is 599. The van der Waals surface area contributed by atoms with Crippen LogP contribution in [0.15, 0.2) is 30.3 Å². The lowest BCUT2D eigenvalue weighted by Crippen LogP contribution is -2.47. The number of rotatable bonds is 5. The predicted molar refractivity (Wildman–Crippen MR) is 90.1 cm³/mol. The van der Waals surface area contributed by atoms with Crippen LogP contribution in [0.3, 0.4) is 0 Å². The molecule has 1 aromatic carbocycles. The van der Waals surface area contributed by atoms with Crippen molar-refractivity contribution in [1.29, 1.82) is 0 Å². The summed E-state index contributed by atoms with van der Waals surface area (Å²) in [6.07, 6.45) is 1.59. The van der Waals surface area contributed by atoms with Crippen molar-refractivity contribution < 1.29 is 14.3 Å². The van der Waals surface area contributed by atoms with Crippen molar-refractivity contribution in [2.24, 2.45) is 11.7 Å². The molecule has 2 amide bonds. The molecule has 1 atom stereocenters. The zero-order valence-electron chi connectivity index (χ0n) is 14.1. The van der Waals surface area contributed by atoms with Gasteiger partial charge in [-0.1, -0.05) is 30.3 Å². The lowest BCUT2D eigenvalue weighted by Gasteiger charge is -2.38. The van der Waals surface area contributed by atoms with Gasteiger partial charge < -0.3 is 10.5 Å². The van der Waals surface area contributed by atoms with E-state index < -0.39 is 5.60 Å². The van der Waals surface area contributed by atoms with Gasteiger partial charge in [0.2, 0.25) is 5.91 Å². The van der Waals surface area contributed by atoms with Crippen LogP contribution in [0, 0.1) is 5.92 Å². The second-order valence-electron chi connectivity index (χ2n) is 7.04. The molecule has 2 saturated heterocycles. The number of ether oxygens (including phenoxy) is 1. The second-order valence-corrected chi connectivity index (χ2v) is 7.04. The topological polar surface area (TPSA) is 75.9 Å². The van der Waals surface area contributed by atoms with Crippen molar-refractivity contribution in [3.05, 3.63) is 35.9 Å². The first-order valence-electron chi connectivity index (χ1n) is 8.49. The van der Waals surface area contributed by atoms with E-state index in [-0.39, 0.29) is 12.0 Å². The van der Waals surface area contributed by atoms with Gasteiger partial charge in [-0.15, -0.1) is 0 Å². The van der Waals surface area contributed by atoms with E-state index in [1.807, 2.05) is 37.3 Å². The maximum Gasteiger partial charge on any atom is 0.410 e. The number of carbonyl (C=O) groups is 2. The Balaban J connectivity index is 1.59. The van der Waals surface area contributed by atoms with Gasteiger partial charge in [-0.3, -0.25) is 14.6 Å². The summed E-state index contributed by atoms with van der Waals surface area (Å²) in [6.45, 7) is 5.17. The molecule has 6 nitrogen and oxygen atoms in total. The van der Waals surface area contributed by atoms with Gasteiger partial charge in [0.15, 0.2) is 0 Å². The van der Waals surface area contributed by atoms with Gasteiger partial charge in [-0.2, -0.15) is 0 Å². The highest BCUT2D eigenvalue weighted by molar-refractivity contribution is 5.75. The van der Waals surface area contributed by atoms with Gasteiger partial charge in [-0.25, -0.2) is 4.79 Å².